The summed E-state index contributed by atoms with van der Waals surface area (Å²) in [5.74, 6) is -0.766. The largest absolute Gasteiger partial charge is 0.423 e. The number of imidazole rings is 1. The lowest BCUT2D eigenvalue weighted by atomic mass is 10.2. The van der Waals surface area contributed by atoms with Crippen molar-refractivity contribution in [1.29, 1.82) is 0 Å². The first-order chi connectivity index (χ1) is 10.0. The standard InChI is InChI=1S/C13H11Cl2N3O3/c14-8-1-7(5-19)12(10(15)2-8)21-13(20)11(16)3-9-4-17-6-18-9/h1-2,4-6,11H,3,16H2,(H,17,18)/t11-/m1/s1. The molecule has 3 N–H and O–H groups in total. The maximum atomic E-state index is 12.0. The molecule has 0 bridgehead atoms. The van der Waals surface area contributed by atoms with Gasteiger partial charge in [-0.05, 0) is 12.1 Å². The number of hydrogen-bond donors (Lipinski definition) is 2. The lowest BCUT2D eigenvalue weighted by Crippen LogP contribution is -2.36. The van der Waals surface area contributed by atoms with E-state index in [2.05, 4.69) is 9.97 Å². The molecule has 1 aromatic heterocycles. The molecule has 2 rings (SSSR count). The summed E-state index contributed by atoms with van der Waals surface area (Å²) in [6.45, 7) is 0. The van der Waals surface area contributed by atoms with Gasteiger partial charge in [-0.15, -0.1) is 0 Å². The summed E-state index contributed by atoms with van der Waals surface area (Å²) in [4.78, 5) is 29.6. The average Bonchev–Trinajstić information content (AvgIpc) is 2.94. The van der Waals surface area contributed by atoms with Crippen molar-refractivity contribution in [3.8, 4) is 5.75 Å². The first-order valence-electron chi connectivity index (χ1n) is 5.90. The van der Waals surface area contributed by atoms with Gasteiger partial charge < -0.3 is 15.5 Å². The average molecular weight is 328 g/mol. The molecule has 0 saturated heterocycles. The number of halogens is 2. The Balaban J connectivity index is 2.14. The molecule has 0 aliphatic carbocycles. The second-order valence-electron chi connectivity index (χ2n) is 4.23. The molecule has 0 radical (unpaired) electrons. The van der Waals surface area contributed by atoms with E-state index in [1.807, 2.05) is 0 Å². The molecule has 0 aliphatic heterocycles. The molecular weight excluding hydrogens is 317 g/mol. The minimum atomic E-state index is -0.920. The van der Waals surface area contributed by atoms with Crippen LogP contribution >= 0.6 is 23.2 Å². The minimum Gasteiger partial charge on any atom is -0.423 e. The van der Waals surface area contributed by atoms with Crippen LogP contribution in [0.25, 0.3) is 0 Å². The van der Waals surface area contributed by atoms with Gasteiger partial charge in [0.25, 0.3) is 0 Å². The van der Waals surface area contributed by atoms with Gasteiger partial charge in [0, 0.05) is 23.3 Å². The quantitative estimate of drug-likeness (QED) is 0.497. The van der Waals surface area contributed by atoms with E-state index in [1.165, 1.54) is 18.5 Å². The number of carbonyl (C=O) groups is 2. The van der Waals surface area contributed by atoms with Crippen molar-refractivity contribution in [3.05, 3.63) is 46.0 Å². The molecule has 6 nitrogen and oxygen atoms in total. The molecule has 1 aromatic carbocycles. The van der Waals surface area contributed by atoms with Crippen molar-refractivity contribution in [1.82, 2.24) is 9.97 Å². The Hall–Kier alpha value is -1.89. The number of carbonyl (C=O) groups excluding carboxylic acids is 2. The predicted molar refractivity (Wildman–Crippen MR) is 77.8 cm³/mol. The molecule has 0 amide bonds. The van der Waals surface area contributed by atoms with Gasteiger partial charge in [-0.2, -0.15) is 0 Å². The maximum absolute atomic E-state index is 12.0. The summed E-state index contributed by atoms with van der Waals surface area (Å²) < 4.78 is 5.11. The minimum absolute atomic E-state index is 0.0545. The van der Waals surface area contributed by atoms with Crippen molar-refractivity contribution < 1.29 is 14.3 Å². The molecule has 110 valence electrons. The number of rotatable bonds is 5. The number of aromatic amines is 1. The van der Waals surface area contributed by atoms with E-state index in [1.54, 1.807) is 6.20 Å². The van der Waals surface area contributed by atoms with Gasteiger partial charge in [0.15, 0.2) is 12.0 Å². The molecule has 0 unspecified atom stereocenters. The van der Waals surface area contributed by atoms with E-state index in [-0.39, 0.29) is 27.8 Å². The summed E-state index contributed by atoms with van der Waals surface area (Å²) in [6.07, 6.45) is 3.76. The molecule has 2 aromatic rings. The van der Waals surface area contributed by atoms with Gasteiger partial charge in [0.1, 0.15) is 6.04 Å². The van der Waals surface area contributed by atoms with E-state index in [0.717, 1.165) is 0 Å². The number of benzene rings is 1. The van der Waals surface area contributed by atoms with Crippen LogP contribution < -0.4 is 10.5 Å². The Morgan fingerprint density at radius 1 is 1.48 bits per heavy atom. The zero-order valence-corrected chi connectivity index (χ0v) is 12.2. The van der Waals surface area contributed by atoms with E-state index in [9.17, 15) is 9.59 Å². The van der Waals surface area contributed by atoms with Crippen molar-refractivity contribution in [3.63, 3.8) is 0 Å². The first-order valence-corrected chi connectivity index (χ1v) is 6.65. The fourth-order valence-electron chi connectivity index (χ4n) is 1.67. The number of nitrogens with one attached hydrogen (secondary N) is 1. The van der Waals surface area contributed by atoms with Crippen LogP contribution in [0.4, 0.5) is 0 Å². The molecule has 8 heteroatoms. The van der Waals surface area contributed by atoms with Crippen LogP contribution in [-0.2, 0) is 11.2 Å². The van der Waals surface area contributed by atoms with Crippen LogP contribution in [0.5, 0.6) is 5.75 Å². The molecule has 0 fully saturated rings. The number of H-pyrrole nitrogens is 1. The van der Waals surface area contributed by atoms with Gasteiger partial charge in [-0.1, -0.05) is 23.2 Å². The number of hydrogen-bond acceptors (Lipinski definition) is 5. The normalized spacial score (nSPS) is 12.0. The fourth-order valence-corrected chi connectivity index (χ4v) is 2.22. The lowest BCUT2D eigenvalue weighted by Gasteiger charge is -2.13. The van der Waals surface area contributed by atoms with Crippen molar-refractivity contribution in [2.45, 2.75) is 12.5 Å². The van der Waals surface area contributed by atoms with Crippen LogP contribution in [0.1, 0.15) is 16.1 Å². The van der Waals surface area contributed by atoms with Gasteiger partial charge in [-0.3, -0.25) is 4.79 Å². The third-order valence-electron chi connectivity index (χ3n) is 2.66. The third-order valence-corrected chi connectivity index (χ3v) is 3.16. The van der Waals surface area contributed by atoms with E-state index < -0.39 is 12.0 Å². The predicted octanol–water partition coefficient (Wildman–Crippen LogP) is 2.00. The summed E-state index contributed by atoms with van der Waals surface area (Å²) >= 11 is 11.7. The summed E-state index contributed by atoms with van der Waals surface area (Å²) in [5, 5.41) is 0.329. The highest BCUT2D eigenvalue weighted by molar-refractivity contribution is 6.36. The van der Waals surface area contributed by atoms with Crippen LogP contribution in [0.15, 0.2) is 24.7 Å². The number of nitrogens with two attached hydrogens (primary N) is 1. The van der Waals surface area contributed by atoms with Crippen LogP contribution in [0.2, 0.25) is 10.0 Å². The smallest absolute Gasteiger partial charge is 0.328 e. The summed E-state index contributed by atoms with van der Waals surface area (Å²) in [7, 11) is 0. The lowest BCUT2D eigenvalue weighted by molar-refractivity contribution is -0.135. The Kier molecular flexibility index (Phi) is 4.95. The Morgan fingerprint density at radius 3 is 2.86 bits per heavy atom. The van der Waals surface area contributed by atoms with Crippen molar-refractivity contribution >= 4 is 35.5 Å². The van der Waals surface area contributed by atoms with Gasteiger partial charge in [0.2, 0.25) is 0 Å². The zero-order chi connectivity index (χ0) is 15.4. The van der Waals surface area contributed by atoms with Crippen molar-refractivity contribution in [2.24, 2.45) is 5.73 Å². The molecule has 21 heavy (non-hydrogen) atoms. The second-order valence-corrected chi connectivity index (χ2v) is 5.08. The van der Waals surface area contributed by atoms with Crippen LogP contribution in [0, 0.1) is 0 Å². The van der Waals surface area contributed by atoms with Gasteiger partial charge in [0.05, 0.1) is 16.9 Å². The van der Waals surface area contributed by atoms with Crippen LogP contribution in [0.3, 0.4) is 0 Å². The maximum Gasteiger partial charge on any atom is 0.328 e. The molecule has 1 atom stereocenters. The number of aromatic nitrogens is 2. The topological polar surface area (TPSA) is 98.1 Å². The highest BCUT2D eigenvalue weighted by Crippen LogP contribution is 2.31. The molecular formula is C13H11Cl2N3O3. The Labute approximate surface area is 130 Å². The molecule has 0 saturated carbocycles. The van der Waals surface area contributed by atoms with Gasteiger partial charge in [-0.25, -0.2) is 9.78 Å². The SMILES string of the molecule is N[C@H](Cc1cnc[nH]1)C(=O)Oc1c(Cl)cc(Cl)cc1C=O. The number of aldehydes is 1. The molecule has 1 heterocycles. The fraction of sp³-hybridized carbons (Fsp3) is 0.154. The van der Waals surface area contributed by atoms with E-state index >= 15 is 0 Å². The number of esters is 1. The van der Waals surface area contributed by atoms with Gasteiger partial charge >= 0.3 is 5.97 Å². The monoisotopic (exact) mass is 327 g/mol. The van der Waals surface area contributed by atoms with Crippen molar-refractivity contribution in [2.75, 3.05) is 0 Å². The highest BCUT2D eigenvalue weighted by Gasteiger charge is 2.20. The third kappa shape index (κ3) is 3.81. The van der Waals surface area contributed by atoms with Crippen LogP contribution in [-0.4, -0.2) is 28.3 Å². The highest BCUT2D eigenvalue weighted by atomic mass is 35.5. The summed E-state index contributed by atoms with van der Waals surface area (Å²) in [5.41, 5.74) is 6.52. The first kappa shape index (κ1) is 15.5. The molecule has 0 aliphatic rings. The molecule has 0 spiro atoms. The Bertz CT molecular complexity index is 659. The second kappa shape index (κ2) is 6.71. The Morgan fingerprint density at radius 2 is 2.24 bits per heavy atom. The summed E-state index contributed by atoms with van der Waals surface area (Å²) in [6, 6.07) is 1.81. The number of ether oxygens (including phenoxy) is 1. The van der Waals surface area contributed by atoms with E-state index in [4.69, 9.17) is 33.7 Å². The number of nitrogens with zero attached hydrogens (tertiary/aromatic N) is 1. The van der Waals surface area contributed by atoms with E-state index in [0.29, 0.717) is 12.0 Å². The zero-order valence-electron chi connectivity index (χ0n) is 10.7.